The maximum absolute atomic E-state index is 11.3. The van der Waals surface area contributed by atoms with Gasteiger partial charge in [0.05, 0.1) is 12.1 Å². The fourth-order valence-electron chi connectivity index (χ4n) is 1.11. The van der Waals surface area contributed by atoms with Gasteiger partial charge >= 0.3 is 0 Å². The van der Waals surface area contributed by atoms with Crippen molar-refractivity contribution >= 4 is 11.7 Å². The molecule has 1 aromatic rings. The van der Waals surface area contributed by atoms with Gasteiger partial charge in [0, 0.05) is 12.2 Å². The lowest BCUT2D eigenvalue weighted by Crippen LogP contribution is -2.34. The highest BCUT2D eigenvalue weighted by Crippen LogP contribution is 2.02. The average Bonchev–Trinajstić information content (AvgIpc) is 2.26. The number of carbonyl (C=O) groups is 1. The zero-order valence-electron chi connectivity index (χ0n) is 9.32. The van der Waals surface area contributed by atoms with Gasteiger partial charge in [-0.05, 0) is 26.0 Å². The third-order valence-electron chi connectivity index (χ3n) is 1.77. The monoisotopic (exact) mass is 218 g/mol. The van der Waals surface area contributed by atoms with E-state index in [0.29, 0.717) is 11.4 Å². The van der Waals surface area contributed by atoms with E-state index in [1.54, 1.807) is 12.1 Å². The van der Waals surface area contributed by atoms with E-state index in [1.165, 1.54) is 6.20 Å². The van der Waals surface area contributed by atoms with E-state index < -0.39 is 0 Å². The second-order valence-electron chi connectivity index (χ2n) is 3.62. The molecule has 1 heterocycles. The van der Waals surface area contributed by atoms with E-state index in [2.05, 4.69) is 15.6 Å². The first-order valence-corrected chi connectivity index (χ1v) is 5.01. The summed E-state index contributed by atoms with van der Waals surface area (Å²) in [7, 11) is 0. The molecule has 0 fully saturated rings. The first-order valence-electron chi connectivity index (χ1n) is 5.01. The summed E-state index contributed by atoms with van der Waals surface area (Å²) in [5.41, 5.74) is 0.497. The fourth-order valence-corrected chi connectivity index (χ4v) is 1.11. The molecular formula is C11H14N4O. The Balaban J connectivity index is 2.43. The normalized spacial score (nSPS) is 9.62. The average molecular weight is 218 g/mol. The Bertz CT molecular complexity index is 391. The second-order valence-corrected chi connectivity index (χ2v) is 3.62. The molecule has 0 aliphatic heterocycles. The lowest BCUT2D eigenvalue weighted by Gasteiger charge is -2.09. The van der Waals surface area contributed by atoms with Crippen molar-refractivity contribution in [3.05, 3.63) is 23.9 Å². The van der Waals surface area contributed by atoms with E-state index in [4.69, 9.17) is 5.26 Å². The summed E-state index contributed by atoms with van der Waals surface area (Å²) in [6, 6.07) is 5.42. The molecule has 0 aliphatic carbocycles. The lowest BCUT2D eigenvalue weighted by molar-refractivity contribution is -0.119. The Morgan fingerprint density at radius 3 is 2.81 bits per heavy atom. The summed E-state index contributed by atoms with van der Waals surface area (Å²) in [4.78, 5) is 15.3. The van der Waals surface area contributed by atoms with E-state index in [9.17, 15) is 4.79 Å². The highest BCUT2D eigenvalue weighted by molar-refractivity contribution is 5.80. The molecule has 1 rings (SSSR count). The van der Waals surface area contributed by atoms with Crippen molar-refractivity contribution < 1.29 is 4.79 Å². The van der Waals surface area contributed by atoms with Crippen molar-refractivity contribution in [3.63, 3.8) is 0 Å². The van der Waals surface area contributed by atoms with Crippen molar-refractivity contribution in [1.82, 2.24) is 10.3 Å². The number of hydrogen-bond acceptors (Lipinski definition) is 4. The number of amides is 1. The quantitative estimate of drug-likeness (QED) is 0.786. The molecule has 0 aliphatic rings. The molecule has 2 N–H and O–H groups in total. The number of aromatic nitrogens is 1. The van der Waals surface area contributed by atoms with Crippen molar-refractivity contribution in [2.45, 2.75) is 19.9 Å². The first-order chi connectivity index (χ1) is 7.61. The number of rotatable bonds is 4. The minimum absolute atomic E-state index is 0.0823. The molecule has 16 heavy (non-hydrogen) atoms. The molecule has 0 bridgehead atoms. The Hall–Kier alpha value is -2.09. The topological polar surface area (TPSA) is 77.8 Å². The highest BCUT2D eigenvalue weighted by atomic mass is 16.1. The third kappa shape index (κ3) is 3.96. The molecule has 0 saturated carbocycles. The van der Waals surface area contributed by atoms with E-state index in [0.717, 1.165) is 0 Å². The molecule has 0 radical (unpaired) electrons. The molecule has 0 spiro atoms. The van der Waals surface area contributed by atoms with Gasteiger partial charge in [0.15, 0.2) is 0 Å². The van der Waals surface area contributed by atoms with Crippen LogP contribution in [-0.4, -0.2) is 23.5 Å². The standard InChI is InChI=1S/C11H14N4O/c1-8(2)15-11(16)7-14-10-4-3-9(5-12)6-13-10/h3-4,6,8H,7H2,1-2H3,(H,13,14)(H,15,16). The van der Waals surface area contributed by atoms with Crippen LogP contribution in [0.5, 0.6) is 0 Å². The van der Waals surface area contributed by atoms with Crippen LogP contribution in [-0.2, 0) is 4.79 Å². The fraction of sp³-hybridized carbons (Fsp3) is 0.364. The van der Waals surface area contributed by atoms with Crippen LogP contribution < -0.4 is 10.6 Å². The van der Waals surface area contributed by atoms with Crippen LogP contribution in [0.1, 0.15) is 19.4 Å². The first kappa shape index (κ1) is 12.0. The van der Waals surface area contributed by atoms with Crippen molar-refractivity contribution in [1.29, 1.82) is 5.26 Å². The Morgan fingerprint density at radius 2 is 2.31 bits per heavy atom. The van der Waals surface area contributed by atoms with Gasteiger partial charge in [0.1, 0.15) is 11.9 Å². The summed E-state index contributed by atoms with van der Waals surface area (Å²) in [5.74, 6) is 0.499. The van der Waals surface area contributed by atoms with E-state index in [-0.39, 0.29) is 18.5 Å². The van der Waals surface area contributed by atoms with Gasteiger partial charge in [0.2, 0.25) is 5.91 Å². The number of nitrogens with zero attached hydrogens (tertiary/aromatic N) is 2. The highest BCUT2D eigenvalue weighted by Gasteiger charge is 2.02. The van der Waals surface area contributed by atoms with Crippen LogP contribution >= 0.6 is 0 Å². The smallest absolute Gasteiger partial charge is 0.239 e. The van der Waals surface area contributed by atoms with Gasteiger partial charge in [0.25, 0.3) is 0 Å². The van der Waals surface area contributed by atoms with Crippen LogP contribution in [0.4, 0.5) is 5.82 Å². The summed E-state index contributed by atoms with van der Waals surface area (Å²) in [6.07, 6.45) is 1.46. The van der Waals surface area contributed by atoms with Gasteiger partial charge in [-0.25, -0.2) is 4.98 Å². The summed E-state index contributed by atoms with van der Waals surface area (Å²) < 4.78 is 0. The Morgan fingerprint density at radius 1 is 1.56 bits per heavy atom. The molecule has 1 amide bonds. The number of pyridine rings is 1. The number of carbonyl (C=O) groups excluding carboxylic acids is 1. The number of anilines is 1. The summed E-state index contributed by atoms with van der Waals surface area (Å²) >= 11 is 0. The maximum Gasteiger partial charge on any atom is 0.239 e. The van der Waals surface area contributed by atoms with Gasteiger partial charge in [-0.2, -0.15) is 5.26 Å². The van der Waals surface area contributed by atoms with Crippen LogP contribution in [0.15, 0.2) is 18.3 Å². The predicted molar refractivity (Wildman–Crippen MR) is 60.7 cm³/mol. The molecule has 84 valence electrons. The third-order valence-corrected chi connectivity index (χ3v) is 1.77. The minimum atomic E-state index is -0.0823. The van der Waals surface area contributed by atoms with Crippen LogP contribution in [0.25, 0.3) is 0 Å². The molecule has 5 heteroatoms. The number of hydrogen-bond donors (Lipinski definition) is 2. The van der Waals surface area contributed by atoms with Crippen molar-refractivity contribution in [2.24, 2.45) is 0 Å². The molecule has 0 aromatic carbocycles. The van der Waals surface area contributed by atoms with Crippen molar-refractivity contribution in [2.75, 3.05) is 11.9 Å². The largest absolute Gasteiger partial charge is 0.361 e. The summed E-state index contributed by atoms with van der Waals surface area (Å²) in [5, 5.41) is 14.2. The minimum Gasteiger partial charge on any atom is -0.361 e. The van der Waals surface area contributed by atoms with E-state index in [1.807, 2.05) is 19.9 Å². The Labute approximate surface area is 94.5 Å². The van der Waals surface area contributed by atoms with E-state index >= 15 is 0 Å². The number of nitrogens with one attached hydrogen (secondary N) is 2. The molecule has 5 nitrogen and oxygen atoms in total. The van der Waals surface area contributed by atoms with Crippen LogP contribution in [0.3, 0.4) is 0 Å². The molecule has 0 saturated heterocycles. The molecule has 1 aromatic heterocycles. The number of nitriles is 1. The zero-order valence-corrected chi connectivity index (χ0v) is 9.32. The van der Waals surface area contributed by atoms with Gasteiger partial charge in [-0.1, -0.05) is 0 Å². The Kier molecular flexibility index (Phi) is 4.28. The zero-order chi connectivity index (χ0) is 12.0. The molecule has 0 unspecified atom stereocenters. The SMILES string of the molecule is CC(C)NC(=O)CNc1ccc(C#N)cn1. The summed E-state index contributed by atoms with van der Waals surface area (Å²) in [6.45, 7) is 3.98. The van der Waals surface area contributed by atoms with Crippen LogP contribution in [0, 0.1) is 11.3 Å². The lowest BCUT2D eigenvalue weighted by atomic mass is 10.3. The predicted octanol–water partition coefficient (Wildman–Crippen LogP) is 0.890. The second kappa shape index (κ2) is 5.71. The van der Waals surface area contributed by atoms with Gasteiger partial charge in [-0.15, -0.1) is 0 Å². The van der Waals surface area contributed by atoms with Crippen LogP contribution in [0.2, 0.25) is 0 Å². The van der Waals surface area contributed by atoms with Crippen molar-refractivity contribution in [3.8, 4) is 6.07 Å². The van der Waals surface area contributed by atoms with Gasteiger partial charge in [-0.3, -0.25) is 4.79 Å². The maximum atomic E-state index is 11.3. The molecule has 0 atom stereocenters. The molecular weight excluding hydrogens is 204 g/mol. The van der Waals surface area contributed by atoms with Gasteiger partial charge < -0.3 is 10.6 Å².